The minimum atomic E-state index is -0.798. The Bertz CT molecular complexity index is 560. The first-order valence-corrected chi connectivity index (χ1v) is 8.31. The zero-order valence-electron chi connectivity index (χ0n) is 14.0. The molecule has 6 nitrogen and oxygen atoms in total. The van der Waals surface area contributed by atoms with Crippen molar-refractivity contribution >= 4 is 11.9 Å². The molecule has 6 heteroatoms. The van der Waals surface area contributed by atoms with Crippen LogP contribution < -0.4 is 10.1 Å². The van der Waals surface area contributed by atoms with Crippen LogP contribution in [-0.4, -0.2) is 37.3 Å². The molecule has 1 aliphatic rings. The van der Waals surface area contributed by atoms with Crippen LogP contribution in [0.1, 0.15) is 31.2 Å². The molecule has 0 spiro atoms. The predicted octanol–water partition coefficient (Wildman–Crippen LogP) is 2.22. The van der Waals surface area contributed by atoms with Gasteiger partial charge in [-0.05, 0) is 37.0 Å². The second kappa shape index (κ2) is 9.27. The van der Waals surface area contributed by atoms with Crippen molar-refractivity contribution in [3.05, 3.63) is 29.8 Å². The molecule has 2 atom stereocenters. The van der Waals surface area contributed by atoms with E-state index >= 15 is 0 Å². The summed E-state index contributed by atoms with van der Waals surface area (Å²) in [6, 6.07) is 7.55. The van der Waals surface area contributed by atoms with Gasteiger partial charge in [0.05, 0.1) is 12.5 Å². The molecule has 0 heterocycles. The van der Waals surface area contributed by atoms with Gasteiger partial charge in [0.15, 0.2) is 0 Å². The van der Waals surface area contributed by atoms with Crippen LogP contribution in [0.25, 0.3) is 0 Å². The molecule has 0 bridgehead atoms. The van der Waals surface area contributed by atoms with Crippen LogP contribution in [0, 0.1) is 11.8 Å². The number of ether oxygens (including phenoxy) is 2. The van der Waals surface area contributed by atoms with Crippen LogP contribution >= 0.6 is 0 Å². The van der Waals surface area contributed by atoms with Gasteiger partial charge in [-0.1, -0.05) is 18.6 Å². The van der Waals surface area contributed by atoms with E-state index in [9.17, 15) is 9.59 Å². The van der Waals surface area contributed by atoms with Crippen LogP contribution in [0.15, 0.2) is 24.3 Å². The maximum Gasteiger partial charge on any atom is 0.306 e. The van der Waals surface area contributed by atoms with E-state index in [1.165, 1.54) is 0 Å². The van der Waals surface area contributed by atoms with Crippen molar-refractivity contribution in [1.82, 2.24) is 5.32 Å². The summed E-state index contributed by atoms with van der Waals surface area (Å²) in [5, 5.41) is 12.0. The number of hydrogen-bond donors (Lipinski definition) is 2. The zero-order valence-corrected chi connectivity index (χ0v) is 14.0. The number of methoxy groups -OCH3 is 1. The molecule has 2 rings (SSSR count). The summed E-state index contributed by atoms with van der Waals surface area (Å²) in [7, 11) is 1.62. The fourth-order valence-corrected chi connectivity index (χ4v) is 2.97. The molecule has 1 saturated carbocycles. The molecule has 1 aromatic carbocycles. The first-order chi connectivity index (χ1) is 11.6. The maximum atomic E-state index is 12.3. The third-order valence-electron chi connectivity index (χ3n) is 4.32. The Balaban J connectivity index is 1.83. The van der Waals surface area contributed by atoms with Crippen molar-refractivity contribution in [2.24, 2.45) is 11.8 Å². The Morgan fingerprint density at radius 2 is 2.04 bits per heavy atom. The molecule has 132 valence electrons. The Morgan fingerprint density at radius 1 is 1.25 bits per heavy atom. The van der Waals surface area contributed by atoms with Crippen LogP contribution in [0.3, 0.4) is 0 Å². The standard InChI is InChI=1S/C18H25NO5/c1-23-8-9-24-16-7-2-4-13(10-16)12-19-17(20)14-5-3-6-15(11-14)18(21)22/h2,4,7,10,14-15H,3,5-6,8-9,11-12H2,1H3,(H,19,20)(H,21,22). The average Bonchev–Trinajstić information content (AvgIpc) is 2.60. The summed E-state index contributed by atoms with van der Waals surface area (Å²) in [5.41, 5.74) is 0.948. The fraction of sp³-hybridized carbons (Fsp3) is 0.556. The van der Waals surface area contributed by atoms with Crippen molar-refractivity contribution in [2.45, 2.75) is 32.2 Å². The lowest BCUT2D eigenvalue weighted by molar-refractivity contribution is -0.144. The minimum Gasteiger partial charge on any atom is -0.491 e. The summed E-state index contributed by atoms with van der Waals surface area (Å²) in [5.74, 6) is -0.726. The third kappa shape index (κ3) is 5.53. The molecule has 24 heavy (non-hydrogen) atoms. The highest BCUT2D eigenvalue weighted by Gasteiger charge is 2.30. The number of amides is 1. The van der Waals surface area contributed by atoms with Crippen molar-refractivity contribution in [1.29, 1.82) is 0 Å². The summed E-state index contributed by atoms with van der Waals surface area (Å²) < 4.78 is 10.5. The quantitative estimate of drug-likeness (QED) is 0.712. The molecule has 0 aromatic heterocycles. The van der Waals surface area contributed by atoms with Crippen LogP contribution in [0.4, 0.5) is 0 Å². The van der Waals surface area contributed by atoms with Crippen molar-refractivity contribution in [3.8, 4) is 5.75 Å². The smallest absolute Gasteiger partial charge is 0.306 e. The second-order valence-corrected chi connectivity index (χ2v) is 6.11. The van der Waals surface area contributed by atoms with Gasteiger partial charge in [0, 0.05) is 19.6 Å². The van der Waals surface area contributed by atoms with Gasteiger partial charge in [0.25, 0.3) is 0 Å². The molecular formula is C18H25NO5. The lowest BCUT2D eigenvalue weighted by Crippen LogP contribution is -2.35. The van der Waals surface area contributed by atoms with Crippen molar-refractivity contribution < 1.29 is 24.2 Å². The van der Waals surface area contributed by atoms with Crippen molar-refractivity contribution in [3.63, 3.8) is 0 Å². The SMILES string of the molecule is COCCOc1cccc(CNC(=O)C2CCCC(C(=O)O)C2)c1. The van der Waals surface area contributed by atoms with Crippen molar-refractivity contribution in [2.75, 3.05) is 20.3 Å². The topological polar surface area (TPSA) is 84.9 Å². The largest absolute Gasteiger partial charge is 0.491 e. The molecule has 1 aromatic rings. The predicted molar refractivity (Wildman–Crippen MR) is 88.7 cm³/mol. The molecule has 1 aliphatic carbocycles. The lowest BCUT2D eigenvalue weighted by atomic mass is 9.81. The number of hydrogen-bond acceptors (Lipinski definition) is 4. The first-order valence-electron chi connectivity index (χ1n) is 8.31. The number of carboxylic acids is 1. The van der Waals surface area contributed by atoms with Gasteiger partial charge in [-0.3, -0.25) is 9.59 Å². The van der Waals surface area contributed by atoms with Gasteiger partial charge in [-0.15, -0.1) is 0 Å². The van der Waals surface area contributed by atoms with Crippen LogP contribution in [0.2, 0.25) is 0 Å². The summed E-state index contributed by atoms with van der Waals surface area (Å²) >= 11 is 0. The van der Waals surface area contributed by atoms with E-state index in [0.717, 1.165) is 24.2 Å². The number of rotatable bonds is 8. The summed E-state index contributed by atoms with van der Waals surface area (Å²) in [4.78, 5) is 23.4. The molecule has 0 saturated heterocycles. The molecule has 1 amide bonds. The van der Waals surface area contributed by atoms with Gasteiger partial charge in [-0.25, -0.2) is 0 Å². The lowest BCUT2D eigenvalue weighted by Gasteiger charge is -2.25. The molecule has 1 fully saturated rings. The van der Waals surface area contributed by atoms with Gasteiger partial charge in [-0.2, -0.15) is 0 Å². The molecule has 0 radical (unpaired) electrons. The molecular weight excluding hydrogens is 310 g/mol. The van der Waals surface area contributed by atoms with E-state index in [1.807, 2.05) is 24.3 Å². The van der Waals surface area contributed by atoms with E-state index < -0.39 is 11.9 Å². The Kier molecular flexibility index (Phi) is 7.06. The fourth-order valence-electron chi connectivity index (χ4n) is 2.97. The molecule has 2 unspecified atom stereocenters. The van der Waals surface area contributed by atoms with Crippen LogP contribution in [-0.2, 0) is 20.9 Å². The zero-order chi connectivity index (χ0) is 17.4. The summed E-state index contributed by atoms with van der Waals surface area (Å²) in [6.07, 6.45) is 2.65. The van der Waals surface area contributed by atoms with E-state index in [0.29, 0.717) is 32.6 Å². The first kappa shape index (κ1) is 18.3. The molecule has 0 aliphatic heterocycles. The van der Waals surface area contributed by atoms with Gasteiger partial charge in [0.1, 0.15) is 12.4 Å². The minimum absolute atomic E-state index is 0.0633. The number of benzene rings is 1. The number of carboxylic acid groups (broad SMARTS) is 1. The number of carbonyl (C=O) groups excluding carboxylic acids is 1. The van der Waals surface area contributed by atoms with Gasteiger partial charge in [0.2, 0.25) is 5.91 Å². The normalized spacial score (nSPS) is 20.4. The highest BCUT2D eigenvalue weighted by atomic mass is 16.5. The molecule has 2 N–H and O–H groups in total. The Labute approximate surface area is 142 Å². The van der Waals surface area contributed by atoms with Crippen LogP contribution in [0.5, 0.6) is 5.75 Å². The van der Waals surface area contributed by atoms with Gasteiger partial charge < -0.3 is 19.9 Å². The van der Waals surface area contributed by atoms with Gasteiger partial charge >= 0.3 is 5.97 Å². The Morgan fingerprint density at radius 3 is 2.79 bits per heavy atom. The average molecular weight is 335 g/mol. The highest BCUT2D eigenvalue weighted by molar-refractivity contribution is 5.80. The second-order valence-electron chi connectivity index (χ2n) is 6.11. The summed E-state index contributed by atoms with van der Waals surface area (Å²) in [6.45, 7) is 1.41. The van der Waals surface area contributed by atoms with E-state index in [4.69, 9.17) is 14.6 Å². The van der Waals surface area contributed by atoms with E-state index in [1.54, 1.807) is 7.11 Å². The third-order valence-corrected chi connectivity index (χ3v) is 4.32. The number of nitrogens with one attached hydrogen (secondary N) is 1. The van der Waals surface area contributed by atoms with E-state index in [2.05, 4.69) is 5.32 Å². The monoisotopic (exact) mass is 335 g/mol. The number of aliphatic carboxylic acids is 1. The van der Waals surface area contributed by atoms with E-state index in [-0.39, 0.29) is 11.8 Å². The highest BCUT2D eigenvalue weighted by Crippen LogP contribution is 2.29. The maximum absolute atomic E-state index is 12.3. The Hall–Kier alpha value is -2.08. The number of carbonyl (C=O) groups is 2.